The third-order valence-electron chi connectivity index (χ3n) is 3.73. The van der Waals surface area contributed by atoms with Gasteiger partial charge in [0.1, 0.15) is 0 Å². The van der Waals surface area contributed by atoms with E-state index in [1.807, 2.05) is 19.9 Å². The Morgan fingerprint density at radius 3 is 2.76 bits per heavy atom. The second kappa shape index (κ2) is 5.63. The minimum Gasteiger partial charge on any atom is -0.397 e. The normalized spacial score (nSPS) is 14.1. The molecule has 114 valence electrons. The van der Waals surface area contributed by atoms with Crippen molar-refractivity contribution in [3.8, 4) is 0 Å². The monoisotopic (exact) mass is 290 g/mol. The summed E-state index contributed by atoms with van der Waals surface area (Å²) in [5.41, 5.74) is 8.67. The Morgan fingerprint density at radius 2 is 2.10 bits per heavy atom. The van der Waals surface area contributed by atoms with Gasteiger partial charge in [0, 0.05) is 25.7 Å². The Labute approximate surface area is 124 Å². The smallest absolute Gasteiger partial charge is 0.227 e. The minimum absolute atomic E-state index is 0.0170. The van der Waals surface area contributed by atoms with Crippen molar-refractivity contribution in [2.75, 3.05) is 30.0 Å². The molecular formula is C15H22N4O2. The number of nitrogen functional groups attached to an aromatic ring is 1. The van der Waals surface area contributed by atoms with Gasteiger partial charge in [-0.3, -0.25) is 9.59 Å². The van der Waals surface area contributed by atoms with Gasteiger partial charge in [0.05, 0.1) is 16.8 Å². The Kier molecular flexibility index (Phi) is 4.06. The molecule has 2 rings (SSSR count). The molecule has 0 bridgehead atoms. The molecule has 1 heterocycles. The third kappa shape index (κ3) is 3.26. The zero-order valence-corrected chi connectivity index (χ0v) is 12.7. The molecule has 1 aliphatic rings. The number of nitrogens with two attached hydrogens (primary N) is 1. The number of aryl methyl sites for hydroxylation is 1. The molecule has 5 N–H and O–H groups in total. The number of anilines is 3. The summed E-state index contributed by atoms with van der Waals surface area (Å²) in [6, 6.07) is 3.71. The number of nitrogens with one attached hydrogen (secondary N) is 3. The van der Waals surface area contributed by atoms with Crippen LogP contribution in [0.2, 0.25) is 0 Å². The second-order valence-electron chi connectivity index (χ2n) is 5.96. The molecule has 0 fully saturated rings. The van der Waals surface area contributed by atoms with Crippen molar-refractivity contribution in [1.82, 2.24) is 5.32 Å². The summed E-state index contributed by atoms with van der Waals surface area (Å²) in [6.45, 7) is 4.21. The van der Waals surface area contributed by atoms with Crippen molar-refractivity contribution in [3.63, 3.8) is 0 Å². The van der Waals surface area contributed by atoms with Gasteiger partial charge in [0.25, 0.3) is 0 Å². The van der Waals surface area contributed by atoms with Crippen LogP contribution in [-0.4, -0.2) is 25.4 Å². The van der Waals surface area contributed by atoms with E-state index >= 15 is 0 Å². The number of fused-ring (bicyclic) bond motifs is 1. The van der Waals surface area contributed by atoms with E-state index in [1.54, 1.807) is 13.1 Å². The van der Waals surface area contributed by atoms with Crippen LogP contribution in [0.15, 0.2) is 12.1 Å². The molecule has 6 nitrogen and oxygen atoms in total. The second-order valence-corrected chi connectivity index (χ2v) is 5.96. The first kappa shape index (κ1) is 15.2. The number of amides is 2. The summed E-state index contributed by atoms with van der Waals surface area (Å²) < 4.78 is 0. The van der Waals surface area contributed by atoms with Crippen LogP contribution in [0.5, 0.6) is 0 Å². The summed E-state index contributed by atoms with van der Waals surface area (Å²) in [5, 5.41) is 8.70. The maximum atomic E-state index is 11.8. The molecule has 0 spiro atoms. The average molecular weight is 290 g/mol. The Balaban J connectivity index is 2.15. The summed E-state index contributed by atoms with van der Waals surface area (Å²) in [6.07, 6.45) is 1.19. The molecule has 0 atom stereocenters. The highest BCUT2D eigenvalue weighted by atomic mass is 16.2. The number of hydrogen-bond donors (Lipinski definition) is 4. The lowest BCUT2D eigenvalue weighted by Crippen LogP contribution is -2.39. The van der Waals surface area contributed by atoms with E-state index in [9.17, 15) is 9.59 Å². The standard InChI is InChI=1S/C15H22N4O2/c1-15(2,14(21)17-3)8-18-12-6-9-4-5-13(20)19-11(9)7-10(12)16/h6-7,18H,4-5,8,16H2,1-3H3,(H,17,21)(H,19,20). The van der Waals surface area contributed by atoms with Crippen LogP contribution < -0.4 is 21.7 Å². The maximum absolute atomic E-state index is 11.8. The summed E-state index contributed by atoms with van der Waals surface area (Å²) in [4.78, 5) is 23.2. The highest BCUT2D eigenvalue weighted by molar-refractivity contribution is 5.95. The lowest BCUT2D eigenvalue weighted by Gasteiger charge is -2.25. The predicted octanol–water partition coefficient (Wildman–Crippen LogP) is 1.34. The van der Waals surface area contributed by atoms with Gasteiger partial charge in [-0.15, -0.1) is 0 Å². The highest BCUT2D eigenvalue weighted by Gasteiger charge is 2.26. The van der Waals surface area contributed by atoms with Gasteiger partial charge >= 0.3 is 0 Å². The van der Waals surface area contributed by atoms with Crippen molar-refractivity contribution >= 4 is 28.9 Å². The van der Waals surface area contributed by atoms with Crippen molar-refractivity contribution in [2.24, 2.45) is 5.41 Å². The van der Waals surface area contributed by atoms with Crippen LogP contribution in [0, 0.1) is 5.41 Å². The fourth-order valence-corrected chi connectivity index (χ4v) is 2.33. The molecule has 0 unspecified atom stereocenters. The van der Waals surface area contributed by atoms with Gasteiger partial charge in [-0.2, -0.15) is 0 Å². The van der Waals surface area contributed by atoms with Crippen LogP contribution in [0.25, 0.3) is 0 Å². The molecule has 1 aromatic rings. The number of hydrogen-bond acceptors (Lipinski definition) is 4. The molecule has 1 aromatic carbocycles. The highest BCUT2D eigenvalue weighted by Crippen LogP contribution is 2.31. The van der Waals surface area contributed by atoms with E-state index in [4.69, 9.17) is 5.73 Å². The summed E-state index contributed by atoms with van der Waals surface area (Å²) in [5.74, 6) is -0.0119. The van der Waals surface area contributed by atoms with Gasteiger partial charge in [0.2, 0.25) is 11.8 Å². The van der Waals surface area contributed by atoms with Crippen LogP contribution >= 0.6 is 0 Å². The van der Waals surface area contributed by atoms with Gasteiger partial charge in [-0.1, -0.05) is 0 Å². The van der Waals surface area contributed by atoms with Crippen LogP contribution in [-0.2, 0) is 16.0 Å². The molecule has 0 saturated heterocycles. The fraction of sp³-hybridized carbons (Fsp3) is 0.467. The van der Waals surface area contributed by atoms with Crippen molar-refractivity contribution < 1.29 is 9.59 Å². The lowest BCUT2D eigenvalue weighted by atomic mass is 9.92. The predicted molar refractivity (Wildman–Crippen MR) is 84.1 cm³/mol. The minimum atomic E-state index is -0.536. The third-order valence-corrected chi connectivity index (χ3v) is 3.73. The maximum Gasteiger partial charge on any atom is 0.227 e. The van der Waals surface area contributed by atoms with Gasteiger partial charge in [-0.25, -0.2) is 0 Å². The zero-order chi connectivity index (χ0) is 15.6. The molecule has 0 saturated carbocycles. The molecule has 0 aliphatic carbocycles. The Bertz CT molecular complexity index is 581. The van der Waals surface area contributed by atoms with Crippen molar-refractivity contribution in [1.29, 1.82) is 0 Å². The molecule has 0 aromatic heterocycles. The number of carbonyl (C=O) groups is 2. The van der Waals surface area contributed by atoms with Gasteiger partial charge in [-0.05, 0) is 38.0 Å². The van der Waals surface area contributed by atoms with E-state index < -0.39 is 5.41 Å². The van der Waals surface area contributed by atoms with Gasteiger partial charge in [0.15, 0.2) is 0 Å². The van der Waals surface area contributed by atoms with Crippen LogP contribution in [0.3, 0.4) is 0 Å². The fourth-order valence-electron chi connectivity index (χ4n) is 2.33. The molecule has 2 amide bonds. The van der Waals surface area contributed by atoms with Gasteiger partial charge < -0.3 is 21.7 Å². The number of rotatable bonds is 4. The molecular weight excluding hydrogens is 268 g/mol. The first-order chi connectivity index (χ1) is 9.83. The van der Waals surface area contributed by atoms with Crippen LogP contribution in [0.4, 0.5) is 17.1 Å². The first-order valence-corrected chi connectivity index (χ1v) is 7.02. The zero-order valence-electron chi connectivity index (χ0n) is 12.7. The molecule has 21 heavy (non-hydrogen) atoms. The van der Waals surface area contributed by atoms with E-state index in [0.29, 0.717) is 25.1 Å². The van der Waals surface area contributed by atoms with Crippen molar-refractivity contribution in [3.05, 3.63) is 17.7 Å². The first-order valence-electron chi connectivity index (χ1n) is 7.02. The van der Waals surface area contributed by atoms with Crippen LogP contribution in [0.1, 0.15) is 25.8 Å². The molecule has 6 heteroatoms. The Morgan fingerprint density at radius 1 is 1.38 bits per heavy atom. The van der Waals surface area contributed by atoms with E-state index in [-0.39, 0.29) is 11.8 Å². The molecule has 1 aliphatic heterocycles. The largest absolute Gasteiger partial charge is 0.397 e. The van der Waals surface area contributed by atoms with Crippen molar-refractivity contribution in [2.45, 2.75) is 26.7 Å². The quantitative estimate of drug-likeness (QED) is 0.629. The average Bonchev–Trinajstić information content (AvgIpc) is 2.44. The van der Waals surface area contributed by atoms with E-state index in [2.05, 4.69) is 16.0 Å². The van der Waals surface area contributed by atoms with E-state index in [1.165, 1.54) is 0 Å². The summed E-state index contributed by atoms with van der Waals surface area (Å²) >= 11 is 0. The lowest BCUT2D eigenvalue weighted by molar-refractivity contribution is -0.128. The summed E-state index contributed by atoms with van der Waals surface area (Å²) in [7, 11) is 1.63. The molecule has 0 radical (unpaired) electrons. The number of carbonyl (C=O) groups excluding carboxylic acids is 2. The SMILES string of the molecule is CNC(=O)C(C)(C)CNc1cc2c(cc1N)NC(=O)CC2. The number of benzene rings is 1. The topological polar surface area (TPSA) is 96.2 Å². The Hall–Kier alpha value is -2.24. The van der Waals surface area contributed by atoms with E-state index in [0.717, 1.165) is 16.9 Å².